The maximum Gasteiger partial charge on any atom is 0.351 e. The minimum absolute atomic E-state index is 0.00268. The number of nitrogens with two attached hydrogens (primary N) is 1. The summed E-state index contributed by atoms with van der Waals surface area (Å²) in [5.41, 5.74) is 6.36. The summed E-state index contributed by atoms with van der Waals surface area (Å²) >= 11 is 1.03. The molecule has 3 N–H and O–H groups in total. The van der Waals surface area contributed by atoms with Gasteiger partial charge in [-0.15, -0.1) is 0 Å². The van der Waals surface area contributed by atoms with Crippen LogP contribution in [-0.4, -0.2) is 28.4 Å². The van der Waals surface area contributed by atoms with Gasteiger partial charge in [-0.1, -0.05) is 50.7 Å². The minimum Gasteiger partial charge on any atom is -0.445 e. The number of aromatic nitrogens is 1. The van der Waals surface area contributed by atoms with E-state index in [1.165, 1.54) is 0 Å². The van der Waals surface area contributed by atoms with Gasteiger partial charge in [0, 0.05) is 5.56 Å². The van der Waals surface area contributed by atoms with E-state index in [1.807, 2.05) is 12.1 Å². The van der Waals surface area contributed by atoms with Crippen molar-refractivity contribution in [3.8, 4) is 0 Å². The standard InChI is InChI=1S/C23H29N3O4S/c1-14-17(19(28)30-23(20(24)29)12-6-5-7-13-23)31-21(25-14)26-18(27)15-8-10-16(11-9-15)22(2,3)4/h8-11H,5-7,12-13H2,1-4H3,(H2,24,29)(H,25,26,27). The normalized spacial score (nSPS) is 15.9. The van der Waals surface area contributed by atoms with Crippen LogP contribution in [0.15, 0.2) is 24.3 Å². The van der Waals surface area contributed by atoms with Crippen LogP contribution in [0.5, 0.6) is 0 Å². The van der Waals surface area contributed by atoms with Gasteiger partial charge in [-0.3, -0.25) is 14.9 Å². The molecule has 0 unspecified atom stereocenters. The maximum atomic E-state index is 12.8. The third-order valence-electron chi connectivity index (χ3n) is 5.61. The number of amides is 2. The Labute approximate surface area is 186 Å². The summed E-state index contributed by atoms with van der Waals surface area (Å²) in [7, 11) is 0. The van der Waals surface area contributed by atoms with Gasteiger partial charge in [0.05, 0.1) is 5.69 Å². The number of ether oxygens (including phenoxy) is 1. The molecular weight excluding hydrogens is 414 g/mol. The average molecular weight is 444 g/mol. The number of carbonyl (C=O) groups is 3. The zero-order chi connectivity index (χ0) is 22.8. The number of aryl methyl sites for hydroxylation is 1. The van der Waals surface area contributed by atoms with Crippen LogP contribution in [0.4, 0.5) is 5.13 Å². The largest absolute Gasteiger partial charge is 0.445 e. The Morgan fingerprint density at radius 2 is 1.71 bits per heavy atom. The lowest BCUT2D eigenvalue weighted by molar-refractivity contribution is -0.140. The molecule has 1 aliphatic rings. The van der Waals surface area contributed by atoms with Crippen molar-refractivity contribution in [2.45, 2.75) is 70.8 Å². The molecule has 31 heavy (non-hydrogen) atoms. The van der Waals surface area contributed by atoms with E-state index in [9.17, 15) is 14.4 Å². The summed E-state index contributed by atoms with van der Waals surface area (Å²) in [6.45, 7) is 7.99. The van der Waals surface area contributed by atoms with Gasteiger partial charge >= 0.3 is 5.97 Å². The summed E-state index contributed by atoms with van der Waals surface area (Å²) in [6, 6.07) is 7.40. The summed E-state index contributed by atoms with van der Waals surface area (Å²) in [5, 5.41) is 3.03. The number of primary amides is 1. The molecule has 0 radical (unpaired) electrons. The van der Waals surface area contributed by atoms with Crippen LogP contribution in [-0.2, 0) is 14.9 Å². The SMILES string of the molecule is Cc1nc(NC(=O)c2ccc(C(C)(C)C)cc2)sc1C(=O)OC1(C(N)=O)CCCCC1. The number of esters is 1. The monoisotopic (exact) mass is 443 g/mol. The summed E-state index contributed by atoms with van der Waals surface area (Å²) in [6.07, 6.45) is 3.42. The molecule has 0 spiro atoms. The molecule has 1 aliphatic carbocycles. The van der Waals surface area contributed by atoms with Crippen molar-refractivity contribution in [3.63, 3.8) is 0 Å². The highest BCUT2D eigenvalue weighted by Gasteiger charge is 2.42. The fourth-order valence-electron chi connectivity index (χ4n) is 3.68. The van der Waals surface area contributed by atoms with Gasteiger partial charge in [-0.05, 0) is 55.7 Å². The Morgan fingerprint density at radius 1 is 1.10 bits per heavy atom. The number of anilines is 1. The van der Waals surface area contributed by atoms with Crippen LogP contribution >= 0.6 is 11.3 Å². The lowest BCUT2D eigenvalue weighted by atomic mass is 9.84. The fourth-order valence-corrected chi connectivity index (χ4v) is 4.51. The van der Waals surface area contributed by atoms with Crippen LogP contribution < -0.4 is 11.1 Å². The second-order valence-corrected chi connectivity index (χ2v) is 10.0. The molecule has 0 atom stereocenters. The van der Waals surface area contributed by atoms with Crippen molar-refractivity contribution < 1.29 is 19.1 Å². The molecule has 0 saturated heterocycles. The van der Waals surface area contributed by atoms with Crippen LogP contribution in [0.2, 0.25) is 0 Å². The Kier molecular flexibility index (Phi) is 6.50. The molecule has 1 aromatic carbocycles. The first-order valence-corrected chi connectivity index (χ1v) is 11.3. The molecule has 1 heterocycles. The number of nitrogens with one attached hydrogen (secondary N) is 1. The number of thiazole rings is 1. The Morgan fingerprint density at radius 3 is 2.26 bits per heavy atom. The van der Waals surface area contributed by atoms with Crippen LogP contribution in [0, 0.1) is 6.92 Å². The van der Waals surface area contributed by atoms with E-state index in [-0.39, 0.29) is 16.2 Å². The predicted octanol–water partition coefficient (Wildman–Crippen LogP) is 4.35. The van der Waals surface area contributed by atoms with Crippen molar-refractivity contribution >= 4 is 34.3 Å². The van der Waals surface area contributed by atoms with Gasteiger partial charge in [-0.25, -0.2) is 9.78 Å². The van der Waals surface area contributed by atoms with Crippen molar-refractivity contribution in [1.82, 2.24) is 4.98 Å². The lowest BCUT2D eigenvalue weighted by Crippen LogP contribution is -2.49. The van der Waals surface area contributed by atoms with E-state index in [1.54, 1.807) is 19.1 Å². The zero-order valence-electron chi connectivity index (χ0n) is 18.4. The second-order valence-electron chi connectivity index (χ2n) is 9.02. The van der Waals surface area contributed by atoms with E-state index in [4.69, 9.17) is 10.5 Å². The van der Waals surface area contributed by atoms with Gasteiger partial charge < -0.3 is 10.5 Å². The third kappa shape index (κ3) is 5.12. The zero-order valence-corrected chi connectivity index (χ0v) is 19.2. The Bertz CT molecular complexity index is 983. The fraction of sp³-hybridized carbons (Fsp3) is 0.478. The predicted molar refractivity (Wildman–Crippen MR) is 120 cm³/mol. The van der Waals surface area contributed by atoms with E-state index < -0.39 is 17.5 Å². The molecule has 7 nitrogen and oxygen atoms in total. The quantitative estimate of drug-likeness (QED) is 0.668. The number of nitrogens with zero attached hydrogens (tertiary/aromatic N) is 1. The number of benzene rings is 1. The lowest BCUT2D eigenvalue weighted by Gasteiger charge is -2.33. The number of rotatable bonds is 5. The minimum atomic E-state index is -1.26. The van der Waals surface area contributed by atoms with E-state index >= 15 is 0 Å². The first-order chi connectivity index (χ1) is 14.5. The first kappa shape index (κ1) is 22.9. The first-order valence-electron chi connectivity index (χ1n) is 10.4. The molecule has 1 aromatic heterocycles. The molecule has 2 amide bonds. The second kappa shape index (κ2) is 8.78. The number of hydrogen-bond donors (Lipinski definition) is 2. The van der Waals surface area contributed by atoms with Gasteiger partial charge in [0.15, 0.2) is 10.7 Å². The summed E-state index contributed by atoms with van der Waals surface area (Å²) < 4.78 is 5.60. The van der Waals surface area contributed by atoms with E-state index in [0.717, 1.165) is 36.2 Å². The summed E-state index contributed by atoms with van der Waals surface area (Å²) in [5.74, 6) is -1.56. The topological polar surface area (TPSA) is 111 Å². The number of hydrogen-bond acceptors (Lipinski definition) is 6. The van der Waals surface area contributed by atoms with Crippen LogP contribution in [0.1, 0.15) is 84.2 Å². The highest BCUT2D eigenvalue weighted by atomic mass is 32.1. The van der Waals surface area contributed by atoms with Crippen molar-refractivity contribution in [2.24, 2.45) is 5.73 Å². The van der Waals surface area contributed by atoms with E-state index in [2.05, 4.69) is 31.1 Å². The maximum absolute atomic E-state index is 12.8. The third-order valence-corrected chi connectivity index (χ3v) is 6.67. The highest BCUT2D eigenvalue weighted by Crippen LogP contribution is 2.34. The summed E-state index contributed by atoms with van der Waals surface area (Å²) in [4.78, 5) is 41.9. The van der Waals surface area contributed by atoms with Crippen molar-refractivity contribution in [2.75, 3.05) is 5.32 Å². The Hall–Kier alpha value is -2.74. The molecule has 1 saturated carbocycles. The molecule has 166 valence electrons. The van der Waals surface area contributed by atoms with Gasteiger partial charge in [0.2, 0.25) is 0 Å². The molecule has 2 aromatic rings. The van der Waals surface area contributed by atoms with Gasteiger partial charge in [-0.2, -0.15) is 0 Å². The van der Waals surface area contributed by atoms with E-state index in [0.29, 0.717) is 29.2 Å². The van der Waals surface area contributed by atoms with Crippen LogP contribution in [0.3, 0.4) is 0 Å². The number of carbonyl (C=O) groups excluding carboxylic acids is 3. The Balaban J connectivity index is 1.72. The van der Waals surface area contributed by atoms with Gasteiger partial charge in [0.25, 0.3) is 11.8 Å². The highest BCUT2D eigenvalue weighted by molar-refractivity contribution is 7.17. The molecule has 0 aliphatic heterocycles. The average Bonchev–Trinajstić information content (AvgIpc) is 3.08. The van der Waals surface area contributed by atoms with Crippen molar-refractivity contribution in [1.29, 1.82) is 0 Å². The molecule has 3 rings (SSSR count). The molecule has 1 fully saturated rings. The smallest absolute Gasteiger partial charge is 0.351 e. The van der Waals surface area contributed by atoms with Crippen LogP contribution in [0.25, 0.3) is 0 Å². The van der Waals surface area contributed by atoms with Crippen molar-refractivity contribution in [3.05, 3.63) is 46.0 Å². The van der Waals surface area contributed by atoms with Gasteiger partial charge in [0.1, 0.15) is 4.88 Å². The molecule has 0 bridgehead atoms. The molecular formula is C23H29N3O4S. The molecule has 8 heteroatoms.